The Morgan fingerprint density at radius 1 is 1.43 bits per heavy atom. The molecular weight excluding hydrogens is 182 g/mol. The highest BCUT2D eigenvalue weighted by Gasteiger charge is 2.02. The number of carbonyl (C=O) groups is 2. The van der Waals surface area contributed by atoms with E-state index in [2.05, 4.69) is 5.32 Å². The van der Waals surface area contributed by atoms with Gasteiger partial charge >= 0.3 is 0 Å². The van der Waals surface area contributed by atoms with Crippen LogP contribution in [0.1, 0.15) is 26.7 Å². The molecule has 1 N–H and O–H groups in total. The third-order valence-electron chi connectivity index (χ3n) is 1.54. The van der Waals surface area contributed by atoms with Crippen molar-refractivity contribution in [3.8, 4) is 0 Å². The molecule has 0 aliphatic carbocycles. The van der Waals surface area contributed by atoms with Crippen molar-refractivity contribution in [1.82, 2.24) is 5.32 Å². The van der Waals surface area contributed by atoms with Gasteiger partial charge in [-0.05, 0) is 5.92 Å². The molecule has 0 spiro atoms. The number of ether oxygens (including phenoxy) is 1. The van der Waals surface area contributed by atoms with Gasteiger partial charge in [0.2, 0.25) is 5.91 Å². The smallest absolute Gasteiger partial charge is 0.220 e. The maximum Gasteiger partial charge on any atom is 0.220 e. The molecule has 0 atom stereocenters. The van der Waals surface area contributed by atoms with Crippen molar-refractivity contribution in [2.45, 2.75) is 26.7 Å². The molecule has 4 heteroatoms. The molecule has 0 unspecified atom stereocenters. The first-order valence-corrected chi connectivity index (χ1v) is 4.95. The number of carbonyl (C=O) groups excluding carboxylic acids is 2. The second kappa shape index (κ2) is 8.69. The van der Waals surface area contributed by atoms with Gasteiger partial charge in [-0.15, -0.1) is 0 Å². The van der Waals surface area contributed by atoms with Gasteiger partial charge in [0.15, 0.2) is 0 Å². The van der Waals surface area contributed by atoms with Crippen LogP contribution in [-0.4, -0.2) is 32.0 Å². The van der Waals surface area contributed by atoms with Gasteiger partial charge in [-0.3, -0.25) is 4.79 Å². The van der Waals surface area contributed by atoms with Crippen LogP contribution in [0.2, 0.25) is 0 Å². The van der Waals surface area contributed by atoms with Crippen LogP contribution < -0.4 is 5.32 Å². The first-order valence-electron chi connectivity index (χ1n) is 4.95. The first kappa shape index (κ1) is 13.1. The number of nitrogens with one attached hydrogen (secondary N) is 1. The average molecular weight is 201 g/mol. The van der Waals surface area contributed by atoms with Gasteiger partial charge in [-0.25, -0.2) is 0 Å². The van der Waals surface area contributed by atoms with Crippen molar-refractivity contribution in [1.29, 1.82) is 0 Å². The van der Waals surface area contributed by atoms with Crippen molar-refractivity contribution in [3.05, 3.63) is 0 Å². The molecular formula is C10H19NO3. The molecule has 1 amide bonds. The highest BCUT2D eigenvalue weighted by atomic mass is 16.5. The molecule has 0 saturated heterocycles. The van der Waals surface area contributed by atoms with Crippen molar-refractivity contribution >= 4 is 12.2 Å². The lowest BCUT2D eigenvalue weighted by Crippen LogP contribution is -2.28. The Morgan fingerprint density at radius 3 is 2.71 bits per heavy atom. The molecule has 0 radical (unpaired) electrons. The maximum atomic E-state index is 11.1. The minimum atomic E-state index is 0.0546. The monoisotopic (exact) mass is 201 g/mol. The summed E-state index contributed by atoms with van der Waals surface area (Å²) >= 11 is 0. The fourth-order valence-corrected chi connectivity index (χ4v) is 0.939. The van der Waals surface area contributed by atoms with Crippen LogP contribution in [0.5, 0.6) is 0 Å². The van der Waals surface area contributed by atoms with Crippen LogP contribution in [0.4, 0.5) is 0 Å². The fourth-order valence-electron chi connectivity index (χ4n) is 0.939. The van der Waals surface area contributed by atoms with Crippen LogP contribution in [0.25, 0.3) is 0 Å². The summed E-state index contributed by atoms with van der Waals surface area (Å²) in [5.41, 5.74) is 0. The summed E-state index contributed by atoms with van der Waals surface area (Å²) in [6.07, 6.45) is 1.78. The lowest BCUT2D eigenvalue weighted by molar-refractivity contribution is -0.122. The van der Waals surface area contributed by atoms with Gasteiger partial charge in [-0.2, -0.15) is 0 Å². The number of rotatable bonds is 8. The minimum absolute atomic E-state index is 0.0546. The number of hydrogen-bond donors (Lipinski definition) is 1. The van der Waals surface area contributed by atoms with E-state index in [4.69, 9.17) is 4.74 Å². The Kier molecular flexibility index (Phi) is 8.13. The van der Waals surface area contributed by atoms with Crippen LogP contribution in [0.3, 0.4) is 0 Å². The first-order chi connectivity index (χ1) is 6.66. The predicted octanol–water partition coefficient (Wildman–Crippen LogP) is 0.754. The van der Waals surface area contributed by atoms with Crippen LogP contribution in [0.15, 0.2) is 0 Å². The third kappa shape index (κ3) is 9.19. The highest BCUT2D eigenvalue weighted by molar-refractivity contribution is 5.75. The summed E-state index contributed by atoms with van der Waals surface area (Å²) in [6.45, 7) is 5.42. The van der Waals surface area contributed by atoms with Gasteiger partial charge in [0.1, 0.15) is 6.29 Å². The fraction of sp³-hybridized carbons (Fsp3) is 0.800. The van der Waals surface area contributed by atoms with E-state index >= 15 is 0 Å². The molecule has 0 heterocycles. The summed E-state index contributed by atoms with van der Waals surface area (Å²) in [5.74, 6) is 0.435. The van der Waals surface area contributed by atoms with Crippen molar-refractivity contribution < 1.29 is 14.3 Å². The summed E-state index contributed by atoms with van der Waals surface area (Å²) in [5, 5.41) is 2.74. The topological polar surface area (TPSA) is 55.4 Å². The van der Waals surface area contributed by atoms with E-state index < -0.39 is 0 Å². The predicted molar refractivity (Wildman–Crippen MR) is 54.0 cm³/mol. The number of amides is 1. The molecule has 0 aromatic heterocycles. The lowest BCUT2D eigenvalue weighted by atomic mass is 10.1. The van der Waals surface area contributed by atoms with E-state index in [0.29, 0.717) is 38.5 Å². The van der Waals surface area contributed by atoms with Crippen LogP contribution in [-0.2, 0) is 14.3 Å². The van der Waals surface area contributed by atoms with Gasteiger partial charge in [0.25, 0.3) is 0 Å². The molecule has 14 heavy (non-hydrogen) atoms. The average Bonchev–Trinajstić information content (AvgIpc) is 2.10. The van der Waals surface area contributed by atoms with Gasteiger partial charge in [-0.1, -0.05) is 13.8 Å². The number of aldehydes is 1. The number of hydrogen-bond acceptors (Lipinski definition) is 3. The second-order valence-corrected chi connectivity index (χ2v) is 3.52. The zero-order chi connectivity index (χ0) is 10.8. The van der Waals surface area contributed by atoms with Crippen LogP contribution >= 0.6 is 0 Å². The normalized spacial score (nSPS) is 10.2. The van der Waals surface area contributed by atoms with Crippen LogP contribution in [0, 0.1) is 5.92 Å². The molecule has 0 aliphatic rings. The van der Waals surface area contributed by atoms with Crippen molar-refractivity contribution in [2.24, 2.45) is 5.92 Å². The van der Waals surface area contributed by atoms with Gasteiger partial charge in [0.05, 0.1) is 13.2 Å². The van der Waals surface area contributed by atoms with Crippen molar-refractivity contribution in [2.75, 3.05) is 19.8 Å². The third-order valence-corrected chi connectivity index (χ3v) is 1.54. The summed E-state index contributed by atoms with van der Waals surface area (Å²) in [7, 11) is 0. The highest BCUT2D eigenvalue weighted by Crippen LogP contribution is 1.97. The van der Waals surface area contributed by atoms with E-state index in [1.54, 1.807) is 0 Å². The molecule has 0 fully saturated rings. The van der Waals surface area contributed by atoms with E-state index in [1.807, 2.05) is 13.8 Å². The minimum Gasteiger partial charge on any atom is -0.379 e. The second-order valence-electron chi connectivity index (χ2n) is 3.52. The molecule has 4 nitrogen and oxygen atoms in total. The Balaban J connectivity index is 3.19. The molecule has 0 aromatic carbocycles. The maximum absolute atomic E-state index is 11.1. The molecule has 0 aliphatic heterocycles. The largest absolute Gasteiger partial charge is 0.379 e. The molecule has 0 rings (SSSR count). The zero-order valence-corrected chi connectivity index (χ0v) is 8.91. The zero-order valence-electron chi connectivity index (χ0n) is 8.91. The Morgan fingerprint density at radius 2 is 2.14 bits per heavy atom. The molecule has 0 aromatic rings. The Bertz CT molecular complexity index is 169. The Hall–Kier alpha value is -0.900. The summed E-state index contributed by atoms with van der Waals surface area (Å²) in [4.78, 5) is 21.0. The van der Waals surface area contributed by atoms with Crippen molar-refractivity contribution in [3.63, 3.8) is 0 Å². The summed E-state index contributed by atoms with van der Waals surface area (Å²) < 4.78 is 5.08. The summed E-state index contributed by atoms with van der Waals surface area (Å²) in [6, 6.07) is 0. The van der Waals surface area contributed by atoms with E-state index in [0.717, 1.165) is 6.29 Å². The Labute approximate surface area is 85.0 Å². The quantitative estimate of drug-likeness (QED) is 0.466. The molecule has 82 valence electrons. The lowest BCUT2D eigenvalue weighted by Gasteiger charge is -2.06. The molecule has 0 bridgehead atoms. The van der Waals surface area contributed by atoms with E-state index in [-0.39, 0.29) is 5.91 Å². The van der Waals surface area contributed by atoms with E-state index in [1.165, 1.54) is 0 Å². The SMILES string of the molecule is CC(C)CC(=O)NCCOCCC=O. The van der Waals surface area contributed by atoms with Gasteiger partial charge in [0, 0.05) is 19.4 Å². The van der Waals surface area contributed by atoms with Gasteiger partial charge < -0.3 is 14.8 Å². The molecule has 0 saturated carbocycles. The standard InChI is InChI=1S/C10H19NO3/c1-9(2)8-10(13)11-4-7-14-6-3-5-12/h5,9H,3-4,6-8H2,1-2H3,(H,11,13). The van der Waals surface area contributed by atoms with E-state index in [9.17, 15) is 9.59 Å².